The number of methoxy groups -OCH3 is 1. The Morgan fingerprint density at radius 2 is 1.81 bits per heavy atom. The van der Waals surface area contributed by atoms with Gasteiger partial charge in [-0.05, 0) is 55.5 Å². The number of rotatable bonds is 8. The van der Waals surface area contributed by atoms with Crippen LogP contribution in [0.15, 0.2) is 90.4 Å². The number of nitrogens with zero attached hydrogens (tertiary/aromatic N) is 4. The van der Waals surface area contributed by atoms with Crippen molar-refractivity contribution in [2.75, 3.05) is 12.4 Å². The number of aryl methyl sites for hydroxylation is 1. The molecule has 0 spiro atoms. The van der Waals surface area contributed by atoms with Crippen molar-refractivity contribution in [1.82, 2.24) is 19.1 Å². The number of nitrogens with one attached hydrogen (secondary N) is 1. The lowest BCUT2D eigenvalue weighted by Crippen LogP contribution is -2.29. The highest BCUT2D eigenvalue weighted by Gasteiger charge is 2.21. The van der Waals surface area contributed by atoms with Crippen LogP contribution < -0.4 is 20.3 Å². The molecule has 0 saturated carbocycles. The predicted octanol–water partition coefficient (Wildman–Crippen LogP) is 6.66. The summed E-state index contributed by atoms with van der Waals surface area (Å²) in [6.07, 6.45) is 6.70. The topological polar surface area (TPSA) is 100 Å². The van der Waals surface area contributed by atoms with E-state index in [-0.39, 0.29) is 22.7 Å². The Hall–Kier alpha value is -5.36. The zero-order valence-corrected chi connectivity index (χ0v) is 23.7. The first-order valence-corrected chi connectivity index (χ1v) is 13.9. The molecule has 2 aromatic carbocycles. The summed E-state index contributed by atoms with van der Waals surface area (Å²) >= 11 is 1.44. The Morgan fingerprint density at radius 3 is 2.53 bits per heavy atom. The third kappa shape index (κ3) is 5.47. The fourth-order valence-corrected chi connectivity index (χ4v) is 5.49. The van der Waals surface area contributed by atoms with E-state index in [0.717, 1.165) is 27.9 Å². The van der Waals surface area contributed by atoms with Crippen LogP contribution in [0.25, 0.3) is 26.5 Å². The van der Waals surface area contributed by atoms with E-state index in [2.05, 4.69) is 15.3 Å². The first-order valence-electron chi connectivity index (χ1n) is 13.1. The lowest BCUT2D eigenvalue weighted by Gasteiger charge is -2.13. The van der Waals surface area contributed by atoms with Gasteiger partial charge in [-0.15, -0.1) is 11.3 Å². The zero-order valence-electron chi connectivity index (χ0n) is 22.9. The molecular formula is C31H23F2N5O4S. The van der Waals surface area contributed by atoms with Crippen LogP contribution in [-0.2, 0) is 6.54 Å². The monoisotopic (exact) mass is 599 g/mol. The molecule has 43 heavy (non-hydrogen) atoms. The third-order valence-corrected chi connectivity index (χ3v) is 7.80. The largest absolute Gasteiger partial charge is 0.496 e. The summed E-state index contributed by atoms with van der Waals surface area (Å²) in [7, 11) is 1.32. The van der Waals surface area contributed by atoms with Crippen molar-refractivity contribution >= 4 is 33.1 Å². The van der Waals surface area contributed by atoms with Gasteiger partial charge in [0.25, 0.3) is 11.5 Å². The molecule has 1 amide bonds. The van der Waals surface area contributed by atoms with Gasteiger partial charge in [-0.3, -0.25) is 19.1 Å². The number of anilines is 1. The second-order valence-electron chi connectivity index (χ2n) is 9.34. The van der Waals surface area contributed by atoms with Gasteiger partial charge in [0.05, 0.1) is 34.2 Å². The average molecular weight is 600 g/mol. The molecule has 0 aliphatic rings. The summed E-state index contributed by atoms with van der Waals surface area (Å²) in [5.41, 5.74) is 0.957. The first kappa shape index (κ1) is 27.8. The van der Waals surface area contributed by atoms with Crippen LogP contribution in [0.3, 0.4) is 0 Å². The minimum absolute atomic E-state index is 0.0276. The molecule has 0 saturated heterocycles. The van der Waals surface area contributed by atoms with Crippen LogP contribution in [0, 0.1) is 11.6 Å². The number of imidazole rings is 1. The van der Waals surface area contributed by atoms with Crippen LogP contribution in [0.1, 0.15) is 17.3 Å². The van der Waals surface area contributed by atoms with E-state index in [9.17, 15) is 14.0 Å². The van der Waals surface area contributed by atoms with Gasteiger partial charge in [-0.25, -0.2) is 13.8 Å². The molecule has 6 rings (SSSR count). The maximum atomic E-state index is 15.2. The molecule has 4 heterocycles. The molecular weight excluding hydrogens is 576 g/mol. The maximum absolute atomic E-state index is 15.2. The summed E-state index contributed by atoms with van der Waals surface area (Å²) < 4.78 is 43.7. The average Bonchev–Trinajstić information content (AvgIpc) is 3.67. The molecule has 0 aliphatic carbocycles. The summed E-state index contributed by atoms with van der Waals surface area (Å²) in [6, 6.07) is 14.2. The van der Waals surface area contributed by atoms with Gasteiger partial charge in [-0.2, -0.15) is 0 Å². The minimum Gasteiger partial charge on any atom is -0.496 e. The standard InChI is InChI=1S/C31H23F2N5O4S/c1-3-37-16-23(35-17-37)27-15-22-29(43-27)26(10-12-34-22)42-24-9-6-19(14-21(24)33)36-30(39)28-25(41-2)11-13-38(31(28)40)20-7-4-18(32)5-8-20/h4-17H,3H2,1-2H3,(H,36,39). The Kier molecular flexibility index (Phi) is 7.43. The van der Waals surface area contributed by atoms with E-state index in [4.69, 9.17) is 9.47 Å². The zero-order chi connectivity index (χ0) is 30.1. The molecule has 0 atom stereocenters. The van der Waals surface area contributed by atoms with Crippen molar-refractivity contribution in [2.45, 2.75) is 13.5 Å². The molecule has 0 fully saturated rings. The predicted molar refractivity (Wildman–Crippen MR) is 159 cm³/mol. The van der Waals surface area contributed by atoms with Crippen molar-refractivity contribution in [3.8, 4) is 33.5 Å². The Morgan fingerprint density at radius 1 is 1.00 bits per heavy atom. The van der Waals surface area contributed by atoms with Gasteiger partial charge in [0.2, 0.25) is 0 Å². The van der Waals surface area contributed by atoms with Crippen LogP contribution in [-0.4, -0.2) is 32.1 Å². The highest BCUT2D eigenvalue weighted by Crippen LogP contribution is 2.39. The Labute approximate surface area is 247 Å². The van der Waals surface area contributed by atoms with E-state index >= 15 is 4.39 Å². The van der Waals surface area contributed by atoms with Crippen molar-refractivity contribution in [1.29, 1.82) is 0 Å². The van der Waals surface area contributed by atoms with E-state index < -0.39 is 23.1 Å². The lowest BCUT2D eigenvalue weighted by atomic mass is 10.2. The van der Waals surface area contributed by atoms with E-state index in [1.807, 2.05) is 23.8 Å². The Balaban J connectivity index is 1.25. The number of hydrogen-bond acceptors (Lipinski definition) is 7. The van der Waals surface area contributed by atoms with Gasteiger partial charge >= 0.3 is 0 Å². The number of amides is 1. The molecule has 216 valence electrons. The molecule has 0 radical (unpaired) electrons. The third-order valence-electron chi connectivity index (χ3n) is 6.64. The highest BCUT2D eigenvalue weighted by molar-refractivity contribution is 7.22. The normalized spacial score (nSPS) is 11.1. The van der Waals surface area contributed by atoms with Gasteiger partial charge in [0, 0.05) is 48.6 Å². The first-order chi connectivity index (χ1) is 20.8. The summed E-state index contributed by atoms with van der Waals surface area (Å²) in [5.74, 6) is -1.62. The molecule has 0 aliphatic heterocycles. The van der Waals surface area contributed by atoms with Crippen molar-refractivity contribution in [2.24, 2.45) is 0 Å². The summed E-state index contributed by atoms with van der Waals surface area (Å²) in [4.78, 5) is 36.2. The van der Waals surface area contributed by atoms with Gasteiger partial charge in [-0.1, -0.05) is 0 Å². The number of thiophene rings is 1. The molecule has 6 aromatic rings. The highest BCUT2D eigenvalue weighted by atomic mass is 32.1. The number of pyridine rings is 2. The van der Waals surface area contributed by atoms with E-state index in [1.165, 1.54) is 71.7 Å². The maximum Gasteiger partial charge on any atom is 0.271 e. The van der Waals surface area contributed by atoms with Crippen LogP contribution >= 0.6 is 11.3 Å². The number of aromatic nitrogens is 4. The number of fused-ring (bicyclic) bond motifs is 1. The van der Waals surface area contributed by atoms with Crippen molar-refractivity contribution in [3.63, 3.8) is 0 Å². The van der Waals surface area contributed by atoms with Crippen molar-refractivity contribution < 1.29 is 23.0 Å². The molecule has 9 nitrogen and oxygen atoms in total. The van der Waals surface area contributed by atoms with Gasteiger partial charge in [0.15, 0.2) is 11.6 Å². The van der Waals surface area contributed by atoms with Crippen LogP contribution in [0.4, 0.5) is 14.5 Å². The van der Waals surface area contributed by atoms with Crippen molar-refractivity contribution in [3.05, 3.63) is 113 Å². The quantitative estimate of drug-likeness (QED) is 0.210. The minimum atomic E-state index is -0.807. The number of carbonyl (C=O) groups excluding carboxylic acids is 1. The lowest BCUT2D eigenvalue weighted by molar-refractivity contribution is 0.102. The second kappa shape index (κ2) is 11.5. The van der Waals surface area contributed by atoms with E-state index in [0.29, 0.717) is 17.0 Å². The fourth-order valence-electron chi connectivity index (χ4n) is 4.46. The summed E-state index contributed by atoms with van der Waals surface area (Å²) in [5, 5.41) is 2.55. The van der Waals surface area contributed by atoms with E-state index in [1.54, 1.807) is 18.6 Å². The van der Waals surface area contributed by atoms with Gasteiger partial charge < -0.3 is 19.4 Å². The number of hydrogen-bond donors (Lipinski definition) is 1. The molecule has 1 N–H and O–H groups in total. The number of ether oxygens (including phenoxy) is 2. The number of benzene rings is 2. The second-order valence-corrected chi connectivity index (χ2v) is 10.4. The molecule has 4 aromatic heterocycles. The van der Waals surface area contributed by atoms with Crippen LogP contribution in [0.5, 0.6) is 17.2 Å². The molecule has 0 bridgehead atoms. The van der Waals surface area contributed by atoms with Gasteiger partial charge in [0.1, 0.15) is 22.9 Å². The smallest absolute Gasteiger partial charge is 0.271 e. The van der Waals surface area contributed by atoms with Crippen LogP contribution in [0.2, 0.25) is 0 Å². The number of carbonyl (C=O) groups is 1. The Bertz CT molecular complexity index is 2030. The number of halogens is 2. The molecule has 12 heteroatoms. The fraction of sp³-hybridized carbons (Fsp3) is 0.0968. The molecule has 0 unspecified atom stereocenters. The SMILES string of the molecule is CCn1cnc(-c2cc3nccc(Oc4ccc(NC(=O)c5c(OC)ccn(-c6ccc(F)cc6)c5=O)cc4F)c3s2)c1. The summed E-state index contributed by atoms with van der Waals surface area (Å²) in [6.45, 7) is 2.83.